The van der Waals surface area contributed by atoms with Crippen molar-refractivity contribution in [3.05, 3.63) is 58.7 Å². The largest absolute Gasteiger partial charge is 0.193 e. The molecule has 0 radical (unpaired) electrons. The van der Waals surface area contributed by atoms with Crippen LogP contribution in [0.15, 0.2) is 58.7 Å². The Kier molecular flexibility index (Phi) is 6.72. The van der Waals surface area contributed by atoms with Gasteiger partial charge < -0.3 is 0 Å². The van der Waals surface area contributed by atoms with Gasteiger partial charge in [0.25, 0.3) is 0 Å². The van der Waals surface area contributed by atoms with Crippen molar-refractivity contribution in [1.29, 1.82) is 5.26 Å². The number of allylic oxidation sites excluding steroid dienone is 10. The number of hydrogen-bond acceptors (Lipinski definition) is 1. The lowest BCUT2D eigenvalue weighted by molar-refractivity contribution is 0.255. The van der Waals surface area contributed by atoms with Crippen LogP contribution >= 0.6 is 11.6 Å². The average molecular weight is 302 g/mol. The first kappa shape index (κ1) is 17.5. The van der Waals surface area contributed by atoms with Crippen LogP contribution in [0.25, 0.3) is 0 Å². The number of rotatable bonds is 4. The molecule has 1 nitrogen and oxygen atoms in total. The molecular weight excluding hydrogens is 278 g/mol. The van der Waals surface area contributed by atoms with Crippen molar-refractivity contribution in [2.75, 3.05) is 0 Å². The average Bonchev–Trinajstić information content (AvgIpc) is 2.37. The van der Waals surface area contributed by atoms with E-state index in [4.69, 9.17) is 16.9 Å². The first-order valence-electron chi connectivity index (χ1n) is 7.32. The standard InChI is InChI=1S/C19H24ClN/c1-15(12-14-21)7-5-9-17(20)10-11-18-16(2)8-6-13-19(18,3)4/h5,7-12,18H,6,13H2,1-4H3/b7-5+,11-10+,15-12+,17-9+. The maximum absolute atomic E-state index is 8.53. The van der Waals surface area contributed by atoms with E-state index in [1.165, 1.54) is 24.5 Å². The van der Waals surface area contributed by atoms with Gasteiger partial charge in [-0.3, -0.25) is 0 Å². The molecule has 1 rings (SSSR count). The lowest BCUT2D eigenvalue weighted by Crippen LogP contribution is -2.26. The van der Waals surface area contributed by atoms with Gasteiger partial charge in [0.2, 0.25) is 0 Å². The van der Waals surface area contributed by atoms with Gasteiger partial charge in [-0.15, -0.1) is 0 Å². The smallest absolute Gasteiger partial charge is 0.0914 e. The summed E-state index contributed by atoms with van der Waals surface area (Å²) in [5.74, 6) is 0.442. The maximum Gasteiger partial charge on any atom is 0.0914 e. The predicted molar refractivity (Wildman–Crippen MR) is 91.8 cm³/mol. The van der Waals surface area contributed by atoms with Gasteiger partial charge in [0.15, 0.2) is 0 Å². The fraction of sp³-hybridized carbons (Fsp3) is 0.421. The molecule has 0 bridgehead atoms. The van der Waals surface area contributed by atoms with E-state index in [0.29, 0.717) is 11.0 Å². The van der Waals surface area contributed by atoms with Crippen molar-refractivity contribution < 1.29 is 0 Å². The molecule has 0 aliphatic heterocycles. The lowest BCUT2D eigenvalue weighted by atomic mass is 9.68. The third-order valence-electron chi connectivity index (χ3n) is 3.94. The Bertz CT molecular complexity index is 551. The van der Waals surface area contributed by atoms with E-state index in [0.717, 1.165) is 5.57 Å². The molecule has 0 saturated heterocycles. The minimum Gasteiger partial charge on any atom is -0.193 e. The summed E-state index contributed by atoms with van der Waals surface area (Å²) in [7, 11) is 0. The van der Waals surface area contributed by atoms with Crippen molar-refractivity contribution in [2.45, 2.75) is 40.5 Å². The molecule has 0 fully saturated rings. The summed E-state index contributed by atoms with van der Waals surface area (Å²) in [5.41, 5.74) is 2.62. The van der Waals surface area contributed by atoms with Crippen LogP contribution in [-0.2, 0) is 0 Å². The van der Waals surface area contributed by atoms with Crippen molar-refractivity contribution in [2.24, 2.45) is 11.3 Å². The monoisotopic (exact) mass is 301 g/mol. The Labute approximate surface area is 134 Å². The molecule has 0 N–H and O–H groups in total. The minimum absolute atomic E-state index is 0.286. The normalized spacial score (nSPS) is 23.4. The highest BCUT2D eigenvalue weighted by Gasteiger charge is 2.30. The molecular formula is C19H24ClN. The third kappa shape index (κ3) is 5.78. The van der Waals surface area contributed by atoms with Gasteiger partial charge in [0.1, 0.15) is 0 Å². The number of nitrogens with zero attached hydrogens (tertiary/aromatic N) is 1. The van der Waals surface area contributed by atoms with Crippen LogP contribution in [0.3, 0.4) is 0 Å². The molecule has 1 aliphatic rings. The Hall–Kier alpha value is -1.52. The SMILES string of the molecule is CC1=CCCC(C)(C)C1/C=C/C(Cl)=C\C=C\C(C)=C\C#N. The highest BCUT2D eigenvalue weighted by atomic mass is 35.5. The molecule has 0 heterocycles. The molecule has 0 amide bonds. The Morgan fingerprint density at radius 3 is 2.76 bits per heavy atom. The van der Waals surface area contributed by atoms with E-state index in [-0.39, 0.29) is 5.41 Å². The Morgan fingerprint density at radius 2 is 2.14 bits per heavy atom. The minimum atomic E-state index is 0.286. The molecule has 2 heteroatoms. The summed E-state index contributed by atoms with van der Waals surface area (Å²) in [6.45, 7) is 8.71. The van der Waals surface area contributed by atoms with E-state index in [9.17, 15) is 0 Å². The number of nitriles is 1. The molecule has 0 spiro atoms. The van der Waals surface area contributed by atoms with Gasteiger partial charge in [-0.1, -0.05) is 55.3 Å². The predicted octanol–water partition coefficient (Wildman–Crippen LogP) is 6.07. The van der Waals surface area contributed by atoms with Crippen LogP contribution in [0.5, 0.6) is 0 Å². The molecule has 0 aromatic rings. The van der Waals surface area contributed by atoms with Crippen LogP contribution in [0.4, 0.5) is 0 Å². The molecule has 1 unspecified atom stereocenters. The first-order chi connectivity index (χ1) is 9.86. The summed E-state index contributed by atoms with van der Waals surface area (Å²) in [6.07, 6.45) is 16.0. The maximum atomic E-state index is 8.53. The highest BCUT2D eigenvalue weighted by Crippen LogP contribution is 2.41. The van der Waals surface area contributed by atoms with Crippen molar-refractivity contribution >= 4 is 11.6 Å². The number of hydrogen-bond donors (Lipinski definition) is 0. The highest BCUT2D eigenvalue weighted by molar-refractivity contribution is 6.31. The second-order valence-electron chi connectivity index (χ2n) is 6.24. The first-order valence-corrected chi connectivity index (χ1v) is 7.70. The van der Waals surface area contributed by atoms with Gasteiger partial charge in [0.05, 0.1) is 6.07 Å². The van der Waals surface area contributed by atoms with E-state index in [1.807, 2.05) is 37.3 Å². The van der Waals surface area contributed by atoms with Gasteiger partial charge in [-0.25, -0.2) is 0 Å². The quantitative estimate of drug-likeness (QED) is 0.351. The van der Waals surface area contributed by atoms with Crippen molar-refractivity contribution in [3.8, 4) is 6.07 Å². The summed E-state index contributed by atoms with van der Waals surface area (Å²) in [4.78, 5) is 0. The molecule has 0 aromatic heterocycles. The van der Waals surface area contributed by atoms with Crippen LogP contribution in [-0.4, -0.2) is 0 Å². The zero-order chi connectivity index (χ0) is 15.9. The molecule has 1 atom stereocenters. The van der Waals surface area contributed by atoms with Gasteiger partial charge in [0, 0.05) is 17.0 Å². The van der Waals surface area contributed by atoms with Gasteiger partial charge in [-0.05, 0) is 49.8 Å². The summed E-state index contributed by atoms with van der Waals surface area (Å²) in [6, 6.07) is 2.00. The molecule has 21 heavy (non-hydrogen) atoms. The summed E-state index contributed by atoms with van der Waals surface area (Å²) < 4.78 is 0. The van der Waals surface area contributed by atoms with Gasteiger partial charge >= 0.3 is 0 Å². The van der Waals surface area contributed by atoms with E-state index in [2.05, 4.69) is 32.9 Å². The van der Waals surface area contributed by atoms with E-state index >= 15 is 0 Å². The Balaban J connectivity index is 2.75. The Morgan fingerprint density at radius 1 is 1.43 bits per heavy atom. The van der Waals surface area contributed by atoms with Gasteiger partial charge in [-0.2, -0.15) is 5.26 Å². The molecule has 1 aliphatic carbocycles. The summed E-state index contributed by atoms with van der Waals surface area (Å²) in [5, 5.41) is 9.23. The fourth-order valence-corrected chi connectivity index (χ4v) is 2.81. The topological polar surface area (TPSA) is 23.8 Å². The van der Waals surface area contributed by atoms with Crippen LogP contribution in [0.2, 0.25) is 0 Å². The molecule has 0 saturated carbocycles. The van der Waals surface area contributed by atoms with Crippen LogP contribution in [0, 0.1) is 22.7 Å². The van der Waals surface area contributed by atoms with Crippen molar-refractivity contribution in [1.82, 2.24) is 0 Å². The van der Waals surface area contributed by atoms with E-state index < -0.39 is 0 Å². The zero-order valence-corrected chi connectivity index (χ0v) is 14.1. The van der Waals surface area contributed by atoms with Crippen LogP contribution < -0.4 is 0 Å². The third-order valence-corrected chi connectivity index (χ3v) is 4.19. The summed E-state index contributed by atoms with van der Waals surface area (Å²) >= 11 is 6.22. The zero-order valence-electron chi connectivity index (χ0n) is 13.4. The molecule has 112 valence electrons. The second kappa shape index (κ2) is 8.05. The lowest BCUT2D eigenvalue weighted by Gasteiger charge is -2.36. The van der Waals surface area contributed by atoms with E-state index in [1.54, 1.807) is 0 Å². The second-order valence-corrected chi connectivity index (χ2v) is 6.68. The van der Waals surface area contributed by atoms with Crippen molar-refractivity contribution in [3.63, 3.8) is 0 Å². The molecule has 0 aromatic carbocycles. The number of halogens is 1. The van der Waals surface area contributed by atoms with Crippen LogP contribution in [0.1, 0.15) is 40.5 Å². The fourth-order valence-electron chi connectivity index (χ4n) is 2.67.